The molecule has 2 amide bonds. The van der Waals surface area contributed by atoms with E-state index in [4.69, 9.17) is 9.47 Å². The molecule has 0 aliphatic rings. The van der Waals surface area contributed by atoms with Gasteiger partial charge in [-0.3, -0.25) is 9.59 Å². The minimum Gasteiger partial charge on any atom is -0.382 e. The molecule has 0 aliphatic heterocycles. The summed E-state index contributed by atoms with van der Waals surface area (Å²) in [4.78, 5) is 24.9. The van der Waals surface area contributed by atoms with Gasteiger partial charge in [0.1, 0.15) is 11.9 Å². The maximum absolute atomic E-state index is 14.4. The molecule has 0 spiro atoms. The summed E-state index contributed by atoms with van der Waals surface area (Å²) >= 11 is 0. The fourth-order valence-electron chi connectivity index (χ4n) is 2.66. The molecule has 7 heteroatoms. The number of carbonyl (C=O) groups is 2. The predicted octanol–water partition coefficient (Wildman–Crippen LogP) is 3.62. The van der Waals surface area contributed by atoms with Gasteiger partial charge >= 0.3 is 0 Å². The smallest absolute Gasteiger partial charge is 0.253 e. The number of nitrogens with one attached hydrogen (secondary N) is 2. The zero-order chi connectivity index (χ0) is 21.4. The van der Waals surface area contributed by atoms with Crippen LogP contribution in [0.2, 0.25) is 0 Å². The molecule has 0 saturated heterocycles. The van der Waals surface area contributed by atoms with Gasteiger partial charge in [0.2, 0.25) is 0 Å². The van der Waals surface area contributed by atoms with Crippen LogP contribution in [0.1, 0.15) is 41.4 Å². The van der Waals surface area contributed by atoms with Gasteiger partial charge in [-0.2, -0.15) is 0 Å². The summed E-state index contributed by atoms with van der Waals surface area (Å²) in [5, 5.41) is 5.47. The molecule has 2 rings (SSSR count). The van der Waals surface area contributed by atoms with Gasteiger partial charge in [0.05, 0.1) is 19.3 Å². The fraction of sp³-hybridized carbons (Fsp3) is 0.364. The highest BCUT2D eigenvalue weighted by atomic mass is 19.1. The van der Waals surface area contributed by atoms with E-state index in [1.807, 2.05) is 37.3 Å². The Morgan fingerprint density at radius 2 is 1.79 bits per heavy atom. The normalized spacial score (nSPS) is 12.9. The van der Waals surface area contributed by atoms with E-state index in [1.54, 1.807) is 6.92 Å². The zero-order valence-electron chi connectivity index (χ0n) is 17.1. The van der Waals surface area contributed by atoms with E-state index in [9.17, 15) is 14.0 Å². The van der Waals surface area contributed by atoms with Crippen LogP contribution in [0.15, 0.2) is 42.5 Å². The number of rotatable bonds is 9. The SMILES string of the molecule is COCCOC(C)C(=O)Nc1cc(C(=O)NC(C)c2ccccc2)cc(F)c1C. The molecule has 0 saturated carbocycles. The summed E-state index contributed by atoms with van der Waals surface area (Å²) in [6, 6.07) is 11.8. The van der Waals surface area contributed by atoms with Crippen molar-refractivity contribution in [2.24, 2.45) is 0 Å². The van der Waals surface area contributed by atoms with Crippen LogP contribution in [-0.4, -0.2) is 38.2 Å². The first-order valence-corrected chi connectivity index (χ1v) is 9.40. The lowest BCUT2D eigenvalue weighted by Crippen LogP contribution is -2.30. The van der Waals surface area contributed by atoms with E-state index in [2.05, 4.69) is 10.6 Å². The molecule has 2 atom stereocenters. The molecule has 0 heterocycles. The lowest BCUT2D eigenvalue weighted by Gasteiger charge is -2.17. The fourth-order valence-corrected chi connectivity index (χ4v) is 2.66. The van der Waals surface area contributed by atoms with Gasteiger partial charge in [-0.25, -0.2) is 4.39 Å². The molecule has 0 radical (unpaired) electrons. The third-order valence-electron chi connectivity index (χ3n) is 4.54. The van der Waals surface area contributed by atoms with E-state index in [0.29, 0.717) is 6.61 Å². The average molecular weight is 402 g/mol. The van der Waals surface area contributed by atoms with E-state index in [-0.39, 0.29) is 29.5 Å². The quantitative estimate of drug-likeness (QED) is 0.628. The van der Waals surface area contributed by atoms with Crippen LogP contribution in [0.5, 0.6) is 0 Å². The topological polar surface area (TPSA) is 76.7 Å². The molecule has 0 fully saturated rings. The zero-order valence-corrected chi connectivity index (χ0v) is 17.1. The summed E-state index contributed by atoms with van der Waals surface area (Å²) in [6.07, 6.45) is -0.747. The molecule has 2 aromatic rings. The van der Waals surface area contributed by atoms with Crippen molar-refractivity contribution in [1.29, 1.82) is 0 Å². The van der Waals surface area contributed by atoms with Gasteiger partial charge in [0, 0.05) is 23.9 Å². The largest absolute Gasteiger partial charge is 0.382 e. The monoisotopic (exact) mass is 402 g/mol. The van der Waals surface area contributed by atoms with Crippen LogP contribution in [0.3, 0.4) is 0 Å². The number of halogens is 1. The van der Waals surface area contributed by atoms with E-state index < -0.39 is 23.7 Å². The number of methoxy groups -OCH3 is 1. The molecule has 156 valence electrons. The number of hydrogen-bond acceptors (Lipinski definition) is 4. The maximum Gasteiger partial charge on any atom is 0.253 e. The van der Waals surface area contributed by atoms with Crippen LogP contribution in [0.25, 0.3) is 0 Å². The first-order valence-electron chi connectivity index (χ1n) is 9.40. The Morgan fingerprint density at radius 3 is 2.45 bits per heavy atom. The molecule has 0 aliphatic carbocycles. The molecule has 0 aromatic heterocycles. The summed E-state index contributed by atoms with van der Waals surface area (Å²) in [5.74, 6) is -1.44. The number of benzene rings is 2. The number of amides is 2. The van der Waals surface area contributed by atoms with Crippen molar-refractivity contribution in [3.8, 4) is 0 Å². The highest BCUT2D eigenvalue weighted by molar-refractivity contribution is 5.99. The summed E-state index contributed by atoms with van der Waals surface area (Å²) < 4.78 is 24.6. The first kappa shape index (κ1) is 22.5. The van der Waals surface area contributed by atoms with Crippen molar-refractivity contribution in [3.05, 3.63) is 65.0 Å². The summed E-state index contributed by atoms with van der Waals surface area (Å²) in [5.41, 5.74) is 1.54. The van der Waals surface area contributed by atoms with Crippen molar-refractivity contribution < 1.29 is 23.5 Å². The van der Waals surface area contributed by atoms with Crippen LogP contribution < -0.4 is 10.6 Å². The first-order chi connectivity index (χ1) is 13.8. The number of carbonyl (C=O) groups excluding carboxylic acids is 2. The Kier molecular flexibility index (Phi) is 8.30. The average Bonchev–Trinajstić information content (AvgIpc) is 2.71. The van der Waals surface area contributed by atoms with Crippen LogP contribution in [0.4, 0.5) is 10.1 Å². The molecule has 6 nitrogen and oxygen atoms in total. The van der Waals surface area contributed by atoms with Crippen molar-refractivity contribution in [2.75, 3.05) is 25.6 Å². The number of anilines is 1. The van der Waals surface area contributed by atoms with E-state index in [0.717, 1.165) is 11.6 Å². The summed E-state index contributed by atoms with van der Waals surface area (Å²) in [7, 11) is 1.54. The van der Waals surface area contributed by atoms with Crippen LogP contribution in [-0.2, 0) is 14.3 Å². The highest BCUT2D eigenvalue weighted by Gasteiger charge is 2.19. The molecular weight excluding hydrogens is 375 g/mol. The van der Waals surface area contributed by atoms with Crippen molar-refractivity contribution in [3.63, 3.8) is 0 Å². The Hall–Kier alpha value is -2.77. The highest BCUT2D eigenvalue weighted by Crippen LogP contribution is 2.22. The second-order valence-electron chi connectivity index (χ2n) is 6.73. The van der Waals surface area contributed by atoms with Crippen LogP contribution >= 0.6 is 0 Å². The predicted molar refractivity (Wildman–Crippen MR) is 109 cm³/mol. The number of hydrogen-bond donors (Lipinski definition) is 2. The summed E-state index contributed by atoms with van der Waals surface area (Å²) in [6.45, 7) is 5.60. The third-order valence-corrected chi connectivity index (χ3v) is 4.54. The van der Waals surface area contributed by atoms with E-state index >= 15 is 0 Å². The van der Waals surface area contributed by atoms with Crippen molar-refractivity contribution in [1.82, 2.24) is 5.32 Å². The second-order valence-corrected chi connectivity index (χ2v) is 6.73. The minimum absolute atomic E-state index is 0.124. The minimum atomic E-state index is -0.747. The molecule has 2 aromatic carbocycles. The van der Waals surface area contributed by atoms with Gasteiger partial charge in [-0.1, -0.05) is 30.3 Å². The number of ether oxygens (including phenoxy) is 2. The molecule has 29 heavy (non-hydrogen) atoms. The Morgan fingerprint density at radius 1 is 1.10 bits per heavy atom. The van der Waals surface area contributed by atoms with Gasteiger partial charge < -0.3 is 20.1 Å². The molecular formula is C22H27FN2O4. The maximum atomic E-state index is 14.4. The standard InChI is InChI=1S/C22H27FN2O4/c1-14-19(23)12-18(22(27)24-15(2)17-8-6-5-7-9-17)13-20(14)25-21(26)16(3)29-11-10-28-4/h5-9,12-13,15-16H,10-11H2,1-4H3,(H,24,27)(H,25,26). The lowest BCUT2D eigenvalue weighted by atomic mass is 10.1. The lowest BCUT2D eigenvalue weighted by molar-refractivity contribution is -0.127. The Labute approximate surface area is 170 Å². The molecule has 2 unspecified atom stereocenters. The van der Waals surface area contributed by atoms with Crippen molar-refractivity contribution in [2.45, 2.75) is 32.9 Å². The van der Waals surface area contributed by atoms with Crippen LogP contribution in [0, 0.1) is 12.7 Å². The van der Waals surface area contributed by atoms with Gasteiger partial charge in [-0.05, 0) is 38.5 Å². The Bertz CT molecular complexity index is 842. The molecule has 0 bridgehead atoms. The second kappa shape index (κ2) is 10.7. The van der Waals surface area contributed by atoms with Gasteiger partial charge in [0.25, 0.3) is 11.8 Å². The van der Waals surface area contributed by atoms with Crippen molar-refractivity contribution >= 4 is 17.5 Å². The Balaban J connectivity index is 2.11. The third kappa shape index (κ3) is 6.37. The van der Waals surface area contributed by atoms with Gasteiger partial charge in [-0.15, -0.1) is 0 Å². The van der Waals surface area contributed by atoms with Gasteiger partial charge in [0.15, 0.2) is 0 Å². The van der Waals surface area contributed by atoms with E-state index in [1.165, 1.54) is 20.1 Å². The molecule has 2 N–H and O–H groups in total.